The van der Waals surface area contributed by atoms with Crippen molar-refractivity contribution in [3.63, 3.8) is 0 Å². The second-order valence-corrected chi connectivity index (χ2v) is 6.93. The first-order valence-corrected chi connectivity index (χ1v) is 9.72. The maximum Gasteiger partial charge on any atom is 0.159 e. The van der Waals surface area contributed by atoms with Crippen LogP contribution < -0.4 is 10.6 Å². The van der Waals surface area contributed by atoms with E-state index < -0.39 is 0 Å². The molecule has 1 N–H and O–H groups in total. The van der Waals surface area contributed by atoms with E-state index in [-0.39, 0.29) is 5.78 Å². The second kappa shape index (κ2) is 11.7. The number of hydrogen-bond donors (Lipinski definition) is 1. The van der Waals surface area contributed by atoms with Crippen LogP contribution in [0.3, 0.4) is 0 Å². The molecule has 0 saturated carbocycles. The van der Waals surface area contributed by atoms with E-state index in [4.69, 9.17) is 5.26 Å². The summed E-state index contributed by atoms with van der Waals surface area (Å²) in [5, 5.41) is 17.2. The predicted octanol–water partition coefficient (Wildman–Crippen LogP) is 4.30. The SMILES string of the molecule is C=c1[nH]nc(C)/c1=C/C(=C\C)C(C)=O.CCCCC(C)c1cccc(C#N)c1. The topological polar surface area (TPSA) is 69.5 Å². The van der Waals surface area contributed by atoms with Gasteiger partial charge >= 0.3 is 0 Å². The molecular formula is C24H31N3O. The summed E-state index contributed by atoms with van der Waals surface area (Å²) >= 11 is 0. The van der Waals surface area contributed by atoms with Crippen molar-refractivity contribution < 1.29 is 4.79 Å². The molecule has 1 heterocycles. The van der Waals surface area contributed by atoms with E-state index in [1.54, 1.807) is 13.0 Å². The van der Waals surface area contributed by atoms with E-state index in [9.17, 15) is 4.79 Å². The molecule has 28 heavy (non-hydrogen) atoms. The van der Waals surface area contributed by atoms with Crippen LogP contribution in [0.15, 0.2) is 35.9 Å². The second-order valence-electron chi connectivity index (χ2n) is 6.93. The van der Waals surface area contributed by atoms with Crippen molar-refractivity contribution in [1.29, 1.82) is 5.26 Å². The highest BCUT2D eigenvalue weighted by Gasteiger charge is 2.05. The number of allylic oxidation sites excluding steroid dienone is 2. The summed E-state index contributed by atoms with van der Waals surface area (Å²) in [5.74, 6) is 0.621. The summed E-state index contributed by atoms with van der Waals surface area (Å²) in [7, 11) is 0. The third kappa shape index (κ3) is 7.00. The first-order chi connectivity index (χ1) is 13.3. The number of nitrogens with one attached hydrogen (secondary N) is 1. The quantitative estimate of drug-likeness (QED) is 0.763. The zero-order chi connectivity index (χ0) is 21.1. The van der Waals surface area contributed by atoms with Gasteiger partial charge in [0.25, 0.3) is 0 Å². The summed E-state index contributed by atoms with van der Waals surface area (Å²) in [6, 6.07) is 10.1. The number of rotatable bonds is 6. The fraction of sp³-hybridized carbons (Fsp3) is 0.375. The van der Waals surface area contributed by atoms with Gasteiger partial charge in [0.05, 0.1) is 22.7 Å². The third-order valence-corrected chi connectivity index (χ3v) is 4.67. The molecule has 0 saturated heterocycles. The number of aromatic nitrogens is 2. The average Bonchev–Trinajstić information content (AvgIpc) is 3.02. The van der Waals surface area contributed by atoms with Crippen LogP contribution in [-0.2, 0) is 4.79 Å². The van der Waals surface area contributed by atoms with Crippen LogP contribution in [0, 0.1) is 18.3 Å². The van der Waals surface area contributed by atoms with Gasteiger partial charge in [-0.15, -0.1) is 0 Å². The number of carbonyl (C=O) groups excluding carboxylic acids is 1. The fourth-order valence-electron chi connectivity index (χ4n) is 2.82. The number of aromatic amines is 1. The van der Waals surface area contributed by atoms with E-state index in [0.717, 1.165) is 21.8 Å². The molecule has 0 aliphatic rings. The third-order valence-electron chi connectivity index (χ3n) is 4.67. The van der Waals surface area contributed by atoms with Gasteiger partial charge in [-0.1, -0.05) is 51.5 Å². The van der Waals surface area contributed by atoms with Gasteiger partial charge in [0.1, 0.15) is 0 Å². The van der Waals surface area contributed by atoms with E-state index in [0.29, 0.717) is 11.5 Å². The molecule has 1 aromatic carbocycles. The number of nitrogens with zero attached hydrogens (tertiary/aromatic N) is 2. The monoisotopic (exact) mass is 377 g/mol. The lowest BCUT2D eigenvalue weighted by atomic mass is 9.94. The lowest BCUT2D eigenvalue weighted by Crippen LogP contribution is -2.23. The van der Waals surface area contributed by atoms with Gasteiger partial charge in [-0.25, -0.2) is 0 Å². The Labute approximate surface area is 168 Å². The van der Waals surface area contributed by atoms with Crippen LogP contribution in [0.2, 0.25) is 0 Å². The molecule has 0 bridgehead atoms. The Morgan fingerprint density at radius 1 is 1.43 bits per heavy atom. The molecule has 0 aliphatic carbocycles. The number of ketones is 1. The fourth-order valence-corrected chi connectivity index (χ4v) is 2.82. The normalized spacial score (nSPS) is 12.7. The Balaban J connectivity index is 0.000000280. The number of H-pyrrole nitrogens is 1. The standard InChI is InChI=1S/C13H17N.C11H14N2O/c1-3-4-6-11(2)13-8-5-7-12(9-13)10-14;1-5-10(9(4)14)6-11-7(2)12-13-8(11)3/h5,7-9,11H,3-4,6H2,1-2H3;5-6,12H,2H2,1,3-4H3/b;10-5+,11-6+. The van der Waals surface area contributed by atoms with Crippen LogP contribution >= 0.6 is 0 Å². The minimum Gasteiger partial charge on any atom is -0.295 e. The zero-order valence-electron chi connectivity index (χ0n) is 17.7. The lowest BCUT2D eigenvalue weighted by molar-refractivity contribution is -0.113. The van der Waals surface area contributed by atoms with Gasteiger partial charge in [-0.2, -0.15) is 10.4 Å². The number of benzene rings is 1. The largest absolute Gasteiger partial charge is 0.295 e. The van der Waals surface area contributed by atoms with Gasteiger partial charge < -0.3 is 0 Å². The molecule has 1 atom stereocenters. The van der Waals surface area contributed by atoms with Crippen LogP contribution in [0.5, 0.6) is 0 Å². The molecule has 4 heteroatoms. The summed E-state index contributed by atoms with van der Waals surface area (Å²) in [6.45, 7) is 13.5. The molecule has 4 nitrogen and oxygen atoms in total. The summed E-state index contributed by atoms with van der Waals surface area (Å²) in [6.07, 6.45) is 7.31. The minimum absolute atomic E-state index is 0.0486. The molecule has 1 aromatic heterocycles. The highest BCUT2D eigenvalue weighted by atomic mass is 16.1. The van der Waals surface area contributed by atoms with Crippen molar-refractivity contribution in [1.82, 2.24) is 10.2 Å². The number of nitriles is 1. The average molecular weight is 378 g/mol. The zero-order valence-corrected chi connectivity index (χ0v) is 17.7. The molecule has 0 radical (unpaired) electrons. The van der Waals surface area contributed by atoms with Crippen molar-refractivity contribution >= 4 is 18.4 Å². The van der Waals surface area contributed by atoms with Gasteiger partial charge in [-0.05, 0) is 56.9 Å². The molecule has 0 spiro atoms. The lowest BCUT2D eigenvalue weighted by Gasteiger charge is -2.10. The Morgan fingerprint density at radius 2 is 2.14 bits per heavy atom. The molecule has 0 amide bonds. The maximum absolute atomic E-state index is 11.2. The first-order valence-electron chi connectivity index (χ1n) is 9.72. The first kappa shape index (κ1) is 23.1. The Hall–Kier alpha value is -2.93. The molecule has 2 rings (SSSR count). The number of hydrogen-bond acceptors (Lipinski definition) is 3. The number of carbonyl (C=O) groups is 1. The van der Waals surface area contributed by atoms with Crippen LogP contribution in [0.25, 0.3) is 12.7 Å². The Bertz CT molecular complexity index is 960. The van der Waals surface area contributed by atoms with Crippen LogP contribution in [0.1, 0.15) is 69.7 Å². The Morgan fingerprint density at radius 3 is 2.64 bits per heavy atom. The van der Waals surface area contributed by atoms with Crippen molar-refractivity contribution in [2.45, 2.75) is 59.8 Å². The predicted molar refractivity (Wildman–Crippen MR) is 116 cm³/mol. The smallest absolute Gasteiger partial charge is 0.159 e. The molecular weight excluding hydrogens is 346 g/mol. The van der Waals surface area contributed by atoms with Crippen molar-refractivity contribution in [3.8, 4) is 6.07 Å². The van der Waals surface area contributed by atoms with Gasteiger partial charge in [0, 0.05) is 10.8 Å². The molecule has 1 unspecified atom stereocenters. The minimum atomic E-state index is 0.0486. The molecule has 0 aliphatic heterocycles. The highest BCUT2D eigenvalue weighted by molar-refractivity contribution is 6.01. The molecule has 148 valence electrons. The molecule has 0 fully saturated rings. The van der Waals surface area contributed by atoms with E-state index >= 15 is 0 Å². The Kier molecular flexibility index (Phi) is 9.67. The number of unbranched alkanes of at least 4 members (excludes halogenated alkanes) is 1. The van der Waals surface area contributed by atoms with Crippen LogP contribution in [-0.4, -0.2) is 16.0 Å². The van der Waals surface area contributed by atoms with Crippen LogP contribution in [0.4, 0.5) is 0 Å². The molecule has 2 aromatic rings. The number of Topliss-reactive ketones (excluding diaryl/α,β-unsaturated/α-hetero) is 1. The van der Waals surface area contributed by atoms with Gasteiger partial charge in [-0.3, -0.25) is 9.89 Å². The number of aryl methyl sites for hydroxylation is 1. The van der Waals surface area contributed by atoms with Crippen molar-refractivity contribution in [2.24, 2.45) is 0 Å². The van der Waals surface area contributed by atoms with E-state index in [1.165, 1.54) is 24.8 Å². The maximum atomic E-state index is 11.2. The van der Waals surface area contributed by atoms with E-state index in [1.807, 2.05) is 38.1 Å². The summed E-state index contributed by atoms with van der Waals surface area (Å²) in [4.78, 5) is 11.2. The van der Waals surface area contributed by atoms with E-state index in [2.05, 4.69) is 42.8 Å². The van der Waals surface area contributed by atoms with Gasteiger partial charge in [0.2, 0.25) is 0 Å². The van der Waals surface area contributed by atoms with Gasteiger partial charge in [0.15, 0.2) is 5.78 Å². The van der Waals surface area contributed by atoms with Crippen molar-refractivity contribution in [3.05, 3.63) is 63.3 Å². The summed E-state index contributed by atoms with van der Waals surface area (Å²) < 4.78 is 0. The van der Waals surface area contributed by atoms with Crippen molar-refractivity contribution in [2.75, 3.05) is 0 Å². The summed E-state index contributed by atoms with van der Waals surface area (Å²) in [5.41, 5.74) is 3.60. The highest BCUT2D eigenvalue weighted by Crippen LogP contribution is 2.21.